The first-order valence-corrected chi connectivity index (χ1v) is 8.79. The van der Waals surface area contributed by atoms with Crippen LogP contribution in [0.25, 0.3) is 0 Å². The van der Waals surface area contributed by atoms with Crippen molar-refractivity contribution >= 4 is 5.97 Å². The smallest absolute Gasteiger partial charge is 0.311 e. The van der Waals surface area contributed by atoms with Gasteiger partial charge >= 0.3 is 5.97 Å². The van der Waals surface area contributed by atoms with E-state index in [-0.39, 0.29) is 18.9 Å². The molecular formula is C18H26O6. The number of rotatable bonds is 2. The van der Waals surface area contributed by atoms with E-state index in [9.17, 15) is 4.79 Å². The molecule has 24 heavy (non-hydrogen) atoms. The van der Waals surface area contributed by atoms with Gasteiger partial charge in [0.15, 0.2) is 5.79 Å². The quantitative estimate of drug-likeness (QED) is 0.721. The molecule has 4 aliphatic rings. The van der Waals surface area contributed by atoms with Gasteiger partial charge in [0.2, 0.25) is 6.29 Å². The maximum Gasteiger partial charge on any atom is 0.311 e. The first kappa shape index (κ1) is 16.4. The number of hydrogen-bond donors (Lipinski definition) is 0. The van der Waals surface area contributed by atoms with Gasteiger partial charge in [-0.25, -0.2) is 0 Å². The largest absolute Gasteiger partial charge is 0.473 e. The van der Waals surface area contributed by atoms with Crippen LogP contribution < -0.4 is 0 Å². The van der Waals surface area contributed by atoms with Crippen molar-refractivity contribution in [1.82, 2.24) is 0 Å². The summed E-state index contributed by atoms with van der Waals surface area (Å²) in [4.78, 5) is 12.4. The van der Waals surface area contributed by atoms with Gasteiger partial charge in [-0.2, -0.15) is 0 Å². The van der Waals surface area contributed by atoms with Crippen LogP contribution in [0.4, 0.5) is 0 Å². The molecular weight excluding hydrogens is 312 g/mol. The molecule has 134 valence electrons. The highest BCUT2D eigenvalue weighted by Gasteiger charge is 2.74. The lowest BCUT2D eigenvalue weighted by Gasteiger charge is -2.54. The Morgan fingerprint density at radius 1 is 1.25 bits per heavy atom. The second kappa shape index (κ2) is 5.19. The molecule has 0 amide bonds. The summed E-state index contributed by atoms with van der Waals surface area (Å²) >= 11 is 0. The second-order valence-corrected chi connectivity index (χ2v) is 8.29. The maximum absolute atomic E-state index is 12.4. The van der Waals surface area contributed by atoms with Crippen molar-refractivity contribution in [2.45, 2.75) is 64.1 Å². The minimum atomic E-state index is -0.768. The summed E-state index contributed by atoms with van der Waals surface area (Å²) in [6, 6.07) is 0. The summed E-state index contributed by atoms with van der Waals surface area (Å²) in [5.74, 6) is -0.993. The average molecular weight is 338 g/mol. The Kier molecular flexibility index (Phi) is 3.54. The second-order valence-electron chi connectivity index (χ2n) is 8.29. The maximum atomic E-state index is 12.4. The topological polar surface area (TPSA) is 63.2 Å². The molecule has 0 unspecified atom stereocenters. The van der Waals surface area contributed by atoms with E-state index in [1.54, 1.807) is 6.26 Å². The van der Waals surface area contributed by atoms with Gasteiger partial charge in [-0.1, -0.05) is 0 Å². The van der Waals surface area contributed by atoms with Gasteiger partial charge in [0.1, 0.15) is 12.2 Å². The van der Waals surface area contributed by atoms with Gasteiger partial charge in [0, 0.05) is 12.8 Å². The van der Waals surface area contributed by atoms with E-state index in [1.165, 1.54) is 0 Å². The third-order valence-corrected chi connectivity index (χ3v) is 5.83. The molecule has 3 aliphatic heterocycles. The Labute approximate surface area is 142 Å². The minimum absolute atomic E-state index is 0.216. The van der Waals surface area contributed by atoms with Crippen molar-refractivity contribution in [2.75, 3.05) is 19.8 Å². The van der Waals surface area contributed by atoms with Crippen LogP contribution in [0.15, 0.2) is 12.3 Å². The van der Waals surface area contributed by atoms with Gasteiger partial charge in [-0.05, 0) is 39.7 Å². The van der Waals surface area contributed by atoms with Gasteiger partial charge < -0.3 is 23.7 Å². The zero-order valence-electron chi connectivity index (χ0n) is 14.6. The summed E-state index contributed by atoms with van der Waals surface area (Å²) in [5.41, 5.74) is -1.69. The highest BCUT2D eigenvalue weighted by atomic mass is 16.8. The van der Waals surface area contributed by atoms with Crippen molar-refractivity contribution in [3.05, 3.63) is 12.3 Å². The van der Waals surface area contributed by atoms with Crippen molar-refractivity contribution < 1.29 is 28.5 Å². The van der Waals surface area contributed by atoms with Crippen LogP contribution in [-0.4, -0.2) is 43.5 Å². The number of ether oxygens (including phenoxy) is 5. The molecule has 0 N–H and O–H groups in total. The summed E-state index contributed by atoms with van der Waals surface area (Å²) in [7, 11) is 0. The Balaban J connectivity index is 1.71. The molecule has 0 aromatic heterocycles. The van der Waals surface area contributed by atoms with E-state index in [2.05, 4.69) is 0 Å². The fourth-order valence-corrected chi connectivity index (χ4v) is 4.61. The Hall–Kier alpha value is -1.11. The summed E-state index contributed by atoms with van der Waals surface area (Å²) in [5, 5.41) is 0. The third kappa shape index (κ3) is 2.09. The highest BCUT2D eigenvalue weighted by molar-refractivity contribution is 5.75. The zero-order chi connectivity index (χ0) is 17.1. The zero-order valence-corrected chi connectivity index (χ0v) is 14.6. The first-order chi connectivity index (χ1) is 11.3. The minimum Gasteiger partial charge on any atom is -0.473 e. The van der Waals surface area contributed by atoms with Crippen LogP contribution in [0.1, 0.15) is 46.5 Å². The van der Waals surface area contributed by atoms with Crippen LogP contribution in [0, 0.1) is 10.8 Å². The highest BCUT2D eigenvalue weighted by Crippen LogP contribution is 2.64. The van der Waals surface area contributed by atoms with Crippen molar-refractivity contribution in [3.8, 4) is 0 Å². The van der Waals surface area contributed by atoms with E-state index < -0.39 is 22.2 Å². The van der Waals surface area contributed by atoms with Crippen LogP contribution in [0.3, 0.4) is 0 Å². The van der Waals surface area contributed by atoms with Gasteiger partial charge in [-0.3, -0.25) is 4.79 Å². The summed E-state index contributed by atoms with van der Waals surface area (Å²) in [6.07, 6.45) is 6.51. The fraction of sp³-hybridized carbons (Fsp3) is 0.833. The number of carbonyl (C=O) groups excluding carboxylic acids is 1. The molecule has 2 spiro atoms. The molecule has 2 saturated heterocycles. The lowest BCUT2D eigenvalue weighted by atomic mass is 9.59. The van der Waals surface area contributed by atoms with Crippen molar-refractivity contribution in [2.24, 2.45) is 10.8 Å². The summed E-state index contributed by atoms with van der Waals surface area (Å²) in [6.45, 7) is 6.89. The van der Waals surface area contributed by atoms with E-state index in [1.807, 2.05) is 26.8 Å². The molecule has 4 rings (SSSR count). The van der Waals surface area contributed by atoms with Crippen LogP contribution in [-0.2, 0) is 28.5 Å². The third-order valence-electron chi connectivity index (χ3n) is 5.83. The Bertz CT molecular complexity index is 558. The van der Waals surface area contributed by atoms with Gasteiger partial charge in [0.25, 0.3) is 0 Å². The molecule has 2 bridgehead atoms. The molecule has 6 nitrogen and oxygen atoms in total. The lowest BCUT2D eigenvalue weighted by Crippen LogP contribution is -2.64. The normalized spacial score (nSPS) is 39.5. The first-order valence-electron chi connectivity index (χ1n) is 8.79. The number of fused-ring (bicyclic) bond motifs is 2. The lowest BCUT2D eigenvalue weighted by molar-refractivity contribution is -0.300. The van der Waals surface area contributed by atoms with Gasteiger partial charge in [-0.15, -0.1) is 0 Å². The number of carbonyl (C=O) groups is 1. The predicted molar refractivity (Wildman–Crippen MR) is 83.8 cm³/mol. The van der Waals surface area contributed by atoms with Crippen LogP contribution in [0.5, 0.6) is 0 Å². The molecule has 0 radical (unpaired) electrons. The van der Waals surface area contributed by atoms with Crippen molar-refractivity contribution in [3.63, 3.8) is 0 Å². The van der Waals surface area contributed by atoms with E-state index in [0.717, 1.165) is 19.3 Å². The Morgan fingerprint density at radius 3 is 2.71 bits per heavy atom. The number of hydrogen-bond acceptors (Lipinski definition) is 6. The molecule has 0 aromatic rings. The van der Waals surface area contributed by atoms with Crippen LogP contribution >= 0.6 is 0 Å². The SMILES string of the molecule is CC(C)(C)C(=O)OC[C@]12C[C@@H]3OC=C[C@@]1(CCCC21OCCO1)O3. The summed E-state index contributed by atoms with van der Waals surface area (Å²) < 4.78 is 29.9. The molecule has 3 atom stereocenters. The molecule has 3 heterocycles. The average Bonchev–Trinajstić information content (AvgIpc) is 3.07. The molecule has 3 fully saturated rings. The van der Waals surface area contributed by atoms with E-state index in [4.69, 9.17) is 23.7 Å². The monoisotopic (exact) mass is 338 g/mol. The van der Waals surface area contributed by atoms with Gasteiger partial charge in [0.05, 0.1) is 30.3 Å². The molecule has 1 saturated carbocycles. The standard InChI is InChI=1S/C18H26O6/c1-15(2,3)14(19)21-12-16-11-13-20-8-7-17(16,24-13)5-4-6-18(16)22-9-10-23-18/h7-8,13H,4-6,9-12H2,1-3H3/t13-,16-,17-/m1/s1. The Morgan fingerprint density at radius 2 is 2.00 bits per heavy atom. The molecule has 6 heteroatoms. The number of esters is 1. The predicted octanol–water partition coefficient (Wildman–Crippen LogP) is 2.52. The van der Waals surface area contributed by atoms with E-state index in [0.29, 0.717) is 19.6 Å². The molecule has 1 aliphatic carbocycles. The fourth-order valence-electron chi connectivity index (χ4n) is 4.61. The van der Waals surface area contributed by atoms with Crippen LogP contribution in [0.2, 0.25) is 0 Å². The van der Waals surface area contributed by atoms with E-state index >= 15 is 0 Å². The molecule has 0 aromatic carbocycles. The van der Waals surface area contributed by atoms with Crippen molar-refractivity contribution in [1.29, 1.82) is 0 Å².